The Morgan fingerprint density at radius 1 is 1.23 bits per heavy atom. The normalized spacial score (nSPS) is 15.9. The highest BCUT2D eigenvalue weighted by molar-refractivity contribution is 5.92. The average Bonchev–Trinajstić information content (AvgIpc) is 2.73. The van der Waals surface area contributed by atoms with Gasteiger partial charge in [0.1, 0.15) is 41.4 Å². The van der Waals surface area contributed by atoms with E-state index in [1.807, 2.05) is 6.07 Å². The molecule has 6 nitrogen and oxygen atoms in total. The molecule has 2 N–H and O–H groups in total. The molecule has 0 amide bonds. The molecule has 8 heteroatoms. The second kappa shape index (κ2) is 9.30. The Balaban J connectivity index is 1.97. The average molecular weight is 426 g/mol. The number of nitrogens with zero attached hydrogens (tertiary/aromatic N) is 1. The fourth-order valence-electron chi connectivity index (χ4n) is 3.30. The topological polar surface area (TPSA) is 94.6 Å². The molecular formula is C23H20F2N2O4. The molecule has 0 saturated heterocycles. The third-order valence-electron chi connectivity index (χ3n) is 4.74. The summed E-state index contributed by atoms with van der Waals surface area (Å²) in [5.74, 6) is -2.50. The number of carbonyl (C=O) groups is 1. The molecule has 3 rings (SSSR count). The summed E-state index contributed by atoms with van der Waals surface area (Å²) in [6, 6.07) is 12.0. The summed E-state index contributed by atoms with van der Waals surface area (Å²) in [5, 5.41) is 9.63. The Bertz CT molecular complexity index is 1100. The molecule has 1 unspecified atom stereocenters. The first-order valence-corrected chi connectivity index (χ1v) is 9.48. The molecule has 0 fully saturated rings. The van der Waals surface area contributed by atoms with Gasteiger partial charge in [0.15, 0.2) is 0 Å². The monoisotopic (exact) mass is 426 g/mol. The van der Waals surface area contributed by atoms with E-state index >= 15 is 0 Å². The largest absolute Gasteiger partial charge is 0.489 e. The summed E-state index contributed by atoms with van der Waals surface area (Å²) in [6.45, 7) is 3.03. The molecule has 0 bridgehead atoms. The molecule has 2 aromatic rings. The van der Waals surface area contributed by atoms with Crippen LogP contribution in [0, 0.1) is 23.0 Å². The zero-order valence-electron chi connectivity index (χ0n) is 16.9. The minimum absolute atomic E-state index is 0.0472. The Labute approximate surface area is 178 Å². The van der Waals surface area contributed by atoms with Crippen LogP contribution in [-0.4, -0.2) is 12.6 Å². The van der Waals surface area contributed by atoms with Crippen molar-refractivity contribution >= 4 is 5.97 Å². The molecule has 2 aromatic carbocycles. The Hall–Kier alpha value is -3.86. The van der Waals surface area contributed by atoms with Crippen molar-refractivity contribution in [1.29, 1.82) is 5.26 Å². The van der Waals surface area contributed by atoms with Crippen LogP contribution in [0.4, 0.5) is 8.78 Å². The van der Waals surface area contributed by atoms with Crippen LogP contribution in [0.5, 0.6) is 5.75 Å². The van der Waals surface area contributed by atoms with E-state index in [4.69, 9.17) is 19.9 Å². The fraction of sp³-hybridized carbons (Fsp3) is 0.217. The minimum atomic E-state index is -0.841. The van der Waals surface area contributed by atoms with Crippen LogP contribution in [0.15, 0.2) is 65.3 Å². The van der Waals surface area contributed by atoms with E-state index in [2.05, 4.69) is 0 Å². The maximum atomic E-state index is 13.9. The molecule has 1 aliphatic rings. The third kappa shape index (κ3) is 4.51. The number of esters is 1. The third-order valence-corrected chi connectivity index (χ3v) is 4.74. The predicted molar refractivity (Wildman–Crippen MR) is 107 cm³/mol. The van der Waals surface area contributed by atoms with Crippen LogP contribution in [0.3, 0.4) is 0 Å². The van der Waals surface area contributed by atoms with Gasteiger partial charge in [0.05, 0.1) is 23.7 Å². The molecule has 0 saturated carbocycles. The van der Waals surface area contributed by atoms with Gasteiger partial charge in [-0.2, -0.15) is 5.26 Å². The Kier molecular flexibility index (Phi) is 6.55. The summed E-state index contributed by atoms with van der Waals surface area (Å²) in [4.78, 5) is 12.6. The van der Waals surface area contributed by atoms with Crippen LogP contribution in [-0.2, 0) is 20.9 Å². The van der Waals surface area contributed by atoms with Gasteiger partial charge in [-0.3, -0.25) is 0 Å². The van der Waals surface area contributed by atoms with Gasteiger partial charge in [0.25, 0.3) is 0 Å². The smallest absolute Gasteiger partial charge is 0.338 e. The molecule has 160 valence electrons. The van der Waals surface area contributed by atoms with Gasteiger partial charge in [-0.1, -0.05) is 18.2 Å². The van der Waals surface area contributed by atoms with Crippen LogP contribution in [0.25, 0.3) is 0 Å². The molecule has 0 radical (unpaired) electrons. The Morgan fingerprint density at radius 2 is 1.90 bits per heavy atom. The van der Waals surface area contributed by atoms with Crippen LogP contribution < -0.4 is 10.5 Å². The number of benzene rings is 2. The van der Waals surface area contributed by atoms with Gasteiger partial charge in [-0.25, -0.2) is 13.6 Å². The second-order valence-electron chi connectivity index (χ2n) is 6.68. The van der Waals surface area contributed by atoms with Crippen molar-refractivity contribution in [3.63, 3.8) is 0 Å². The van der Waals surface area contributed by atoms with E-state index in [9.17, 15) is 18.8 Å². The lowest BCUT2D eigenvalue weighted by atomic mass is 9.83. The molecule has 31 heavy (non-hydrogen) atoms. The SMILES string of the molecule is CCOC(=O)C1=C(C)OC(N)=C(C#N)C1c1cccc(OCc2c(F)cccc2F)c1. The number of hydrogen-bond donors (Lipinski definition) is 1. The van der Waals surface area contributed by atoms with E-state index in [1.54, 1.807) is 38.1 Å². The van der Waals surface area contributed by atoms with Crippen LogP contribution >= 0.6 is 0 Å². The second-order valence-corrected chi connectivity index (χ2v) is 6.68. The van der Waals surface area contributed by atoms with Gasteiger partial charge >= 0.3 is 5.97 Å². The van der Waals surface area contributed by atoms with Gasteiger partial charge in [0.2, 0.25) is 5.88 Å². The highest BCUT2D eigenvalue weighted by atomic mass is 19.1. The number of halogens is 2. The van der Waals surface area contributed by atoms with E-state index in [0.29, 0.717) is 11.3 Å². The first-order valence-electron chi connectivity index (χ1n) is 9.48. The van der Waals surface area contributed by atoms with Crippen molar-refractivity contribution in [2.45, 2.75) is 26.4 Å². The minimum Gasteiger partial charge on any atom is -0.489 e. The standard InChI is InChI=1S/C23H20F2N2O4/c1-3-29-23(28)20-13(2)31-22(27)16(11-26)21(20)14-6-4-7-15(10-14)30-12-17-18(24)8-5-9-19(17)25/h4-10,21H,3,12,27H2,1-2H3. The molecule has 1 aliphatic heterocycles. The highest BCUT2D eigenvalue weighted by Gasteiger charge is 2.36. The maximum Gasteiger partial charge on any atom is 0.338 e. The Morgan fingerprint density at radius 3 is 2.55 bits per heavy atom. The zero-order valence-corrected chi connectivity index (χ0v) is 16.9. The van der Waals surface area contributed by atoms with Crippen molar-refractivity contribution in [2.75, 3.05) is 6.61 Å². The molecule has 0 aromatic heterocycles. The van der Waals surface area contributed by atoms with Crippen molar-refractivity contribution in [1.82, 2.24) is 0 Å². The molecule has 0 spiro atoms. The number of nitriles is 1. The van der Waals surface area contributed by atoms with E-state index in [0.717, 1.165) is 12.1 Å². The van der Waals surface area contributed by atoms with Crippen molar-refractivity contribution in [2.24, 2.45) is 5.73 Å². The maximum absolute atomic E-state index is 13.9. The summed E-state index contributed by atoms with van der Waals surface area (Å²) >= 11 is 0. The first-order chi connectivity index (χ1) is 14.9. The van der Waals surface area contributed by atoms with E-state index in [1.165, 1.54) is 6.07 Å². The van der Waals surface area contributed by atoms with Gasteiger partial charge in [-0.05, 0) is 43.7 Å². The summed E-state index contributed by atoms with van der Waals surface area (Å²) < 4.78 is 43.8. The number of nitrogens with two attached hydrogens (primary N) is 1. The van der Waals surface area contributed by atoms with Crippen LogP contribution in [0.2, 0.25) is 0 Å². The lowest BCUT2D eigenvalue weighted by Crippen LogP contribution is -2.25. The van der Waals surface area contributed by atoms with Gasteiger partial charge < -0.3 is 19.9 Å². The quantitative estimate of drug-likeness (QED) is 0.696. The first kappa shape index (κ1) is 21.8. The lowest BCUT2D eigenvalue weighted by Gasteiger charge is -2.27. The molecular weight excluding hydrogens is 406 g/mol. The van der Waals surface area contributed by atoms with Gasteiger partial charge in [-0.15, -0.1) is 0 Å². The zero-order chi connectivity index (χ0) is 22.5. The number of hydrogen-bond acceptors (Lipinski definition) is 6. The fourth-order valence-corrected chi connectivity index (χ4v) is 3.30. The number of allylic oxidation sites excluding steroid dienone is 2. The molecule has 1 atom stereocenters. The molecule has 1 heterocycles. The summed E-state index contributed by atoms with van der Waals surface area (Å²) in [5.41, 5.74) is 6.38. The van der Waals surface area contributed by atoms with E-state index in [-0.39, 0.29) is 41.6 Å². The van der Waals surface area contributed by atoms with Gasteiger partial charge in [0, 0.05) is 0 Å². The van der Waals surface area contributed by atoms with E-state index < -0.39 is 23.5 Å². The van der Waals surface area contributed by atoms with Crippen molar-refractivity contribution in [3.8, 4) is 11.8 Å². The van der Waals surface area contributed by atoms with Crippen LogP contribution in [0.1, 0.15) is 30.9 Å². The lowest BCUT2D eigenvalue weighted by molar-refractivity contribution is -0.139. The summed E-state index contributed by atoms with van der Waals surface area (Å²) in [7, 11) is 0. The predicted octanol–water partition coefficient (Wildman–Crippen LogP) is 4.19. The number of carbonyl (C=O) groups excluding carboxylic acids is 1. The number of rotatable bonds is 6. The highest BCUT2D eigenvalue weighted by Crippen LogP contribution is 2.40. The number of ether oxygens (including phenoxy) is 3. The van der Waals surface area contributed by atoms with Crippen molar-refractivity contribution < 1.29 is 27.8 Å². The molecule has 0 aliphatic carbocycles. The van der Waals surface area contributed by atoms with Crippen molar-refractivity contribution in [3.05, 3.63) is 88.0 Å². The summed E-state index contributed by atoms with van der Waals surface area (Å²) in [6.07, 6.45) is 0.